The Morgan fingerprint density at radius 1 is 1.33 bits per heavy atom. The number of unbranched alkanes of at least 4 members (excludes halogenated alkanes) is 2. The number of rotatable bonds is 7. The van der Waals surface area contributed by atoms with Crippen LogP contribution in [0.2, 0.25) is 0 Å². The van der Waals surface area contributed by atoms with Crippen molar-refractivity contribution < 1.29 is 0 Å². The molecule has 2 rings (SSSR count). The van der Waals surface area contributed by atoms with Crippen LogP contribution in [-0.4, -0.2) is 22.6 Å². The molecule has 0 heterocycles. The van der Waals surface area contributed by atoms with E-state index in [9.17, 15) is 5.26 Å². The second kappa shape index (κ2) is 6.82. The van der Waals surface area contributed by atoms with Crippen LogP contribution in [0.15, 0.2) is 0 Å². The second-order valence-corrected chi connectivity index (χ2v) is 7.32. The minimum absolute atomic E-state index is 0.193. The second-order valence-electron chi connectivity index (χ2n) is 5.91. The van der Waals surface area contributed by atoms with Crippen LogP contribution >= 0.6 is 11.8 Å². The Bertz CT molecular complexity index is 295. The van der Waals surface area contributed by atoms with Gasteiger partial charge in [-0.3, -0.25) is 5.32 Å². The zero-order valence-corrected chi connectivity index (χ0v) is 12.4. The van der Waals surface area contributed by atoms with Gasteiger partial charge in [0.05, 0.1) is 6.07 Å². The molecule has 2 atom stereocenters. The van der Waals surface area contributed by atoms with E-state index in [1.54, 1.807) is 0 Å². The summed E-state index contributed by atoms with van der Waals surface area (Å²) in [5.41, 5.74) is -0.193. The van der Waals surface area contributed by atoms with Crippen molar-refractivity contribution in [2.75, 3.05) is 5.75 Å². The van der Waals surface area contributed by atoms with E-state index in [0.29, 0.717) is 11.3 Å². The largest absolute Gasteiger partial charge is 0.297 e. The summed E-state index contributed by atoms with van der Waals surface area (Å²) in [5.74, 6) is 1.28. The number of nitriles is 1. The van der Waals surface area contributed by atoms with Crippen molar-refractivity contribution in [1.82, 2.24) is 5.32 Å². The number of nitrogens with zero attached hydrogens (tertiary/aromatic N) is 1. The maximum atomic E-state index is 9.52. The third-order valence-corrected chi connectivity index (χ3v) is 5.48. The normalized spacial score (nSPS) is 32.1. The minimum atomic E-state index is -0.193. The lowest BCUT2D eigenvalue weighted by Crippen LogP contribution is -2.49. The quantitative estimate of drug-likeness (QED) is 0.711. The Morgan fingerprint density at radius 2 is 2.17 bits per heavy atom. The van der Waals surface area contributed by atoms with E-state index in [1.807, 2.05) is 0 Å². The summed E-state index contributed by atoms with van der Waals surface area (Å²) in [4.78, 5) is 0. The van der Waals surface area contributed by atoms with Crippen molar-refractivity contribution in [2.45, 2.75) is 81.5 Å². The molecule has 0 saturated heterocycles. The van der Waals surface area contributed by atoms with Crippen molar-refractivity contribution >= 4 is 11.8 Å². The lowest BCUT2D eigenvalue weighted by molar-refractivity contribution is 0.301. The highest BCUT2D eigenvalue weighted by Gasteiger charge is 2.40. The zero-order valence-electron chi connectivity index (χ0n) is 11.6. The maximum Gasteiger partial charge on any atom is 0.108 e. The fraction of sp³-hybridized carbons (Fsp3) is 0.933. The van der Waals surface area contributed by atoms with Crippen LogP contribution in [0.3, 0.4) is 0 Å². The van der Waals surface area contributed by atoms with E-state index in [2.05, 4.69) is 30.1 Å². The Kier molecular flexibility index (Phi) is 5.38. The highest BCUT2D eigenvalue weighted by atomic mass is 32.2. The first-order valence-electron chi connectivity index (χ1n) is 7.58. The van der Waals surface area contributed by atoms with E-state index in [4.69, 9.17) is 0 Å². The molecule has 0 radical (unpaired) electrons. The van der Waals surface area contributed by atoms with Crippen molar-refractivity contribution in [3.05, 3.63) is 0 Å². The van der Waals surface area contributed by atoms with E-state index < -0.39 is 0 Å². The minimum Gasteiger partial charge on any atom is -0.297 e. The van der Waals surface area contributed by atoms with Gasteiger partial charge in [0.2, 0.25) is 0 Å². The smallest absolute Gasteiger partial charge is 0.108 e. The maximum absolute atomic E-state index is 9.52. The van der Waals surface area contributed by atoms with E-state index in [0.717, 1.165) is 12.8 Å². The van der Waals surface area contributed by atoms with E-state index in [-0.39, 0.29) is 5.54 Å². The van der Waals surface area contributed by atoms with Crippen molar-refractivity contribution in [1.29, 1.82) is 5.26 Å². The first-order valence-corrected chi connectivity index (χ1v) is 8.63. The average Bonchev–Trinajstić information content (AvgIpc) is 3.19. The standard InChI is InChI=1S/C15H26N2S/c1-2-3-4-10-18-14-6-5-9-15(11-14,12-16)17-13-7-8-13/h13-14,17H,2-11H2,1H3. The Hall–Kier alpha value is -0.200. The molecule has 3 heteroatoms. The van der Waals surface area contributed by atoms with Crippen molar-refractivity contribution in [3.8, 4) is 6.07 Å². The lowest BCUT2D eigenvalue weighted by atomic mass is 9.82. The molecule has 2 aliphatic rings. The van der Waals surface area contributed by atoms with Gasteiger partial charge in [0, 0.05) is 11.3 Å². The van der Waals surface area contributed by atoms with Crippen LogP contribution in [0.4, 0.5) is 0 Å². The molecule has 2 aliphatic carbocycles. The molecule has 2 saturated carbocycles. The summed E-state index contributed by atoms with van der Waals surface area (Å²) in [7, 11) is 0. The first kappa shape index (κ1) is 14.2. The highest BCUT2D eigenvalue weighted by Crippen LogP contribution is 2.37. The predicted octanol–water partition coefficient (Wildman–Crippen LogP) is 3.87. The molecular weight excluding hydrogens is 240 g/mol. The zero-order chi connectivity index (χ0) is 12.8. The molecule has 0 aromatic rings. The van der Waals surface area contributed by atoms with Gasteiger partial charge in [-0.1, -0.05) is 19.8 Å². The molecule has 2 fully saturated rings. The molecule has 2 unspecified atom stereocenters. The molecule has 0 aromatic carbocycles. The molecule has 102 valence electrons. The average molecular weight is 266 g/mol. The third kappa shape index (κ3) is 4.17. The van der Waals surface area contributed by atoms with Crippen LogP contribution in [-0.2, 0) is 0 Å². The topological polar surface area (TPSA) is 35.8 Å². The van der Waals surface area contributed by atoms with Crippen LogP contribution in [0, 0.1) is 11.3 Å². The molecule has 0 aliphatic heterocycles. The Labute approximate surface area is 116 Å². The highest BCUT2D eigenvalue weighted by molar-refractivity contribution is 7.99. The monoisotopic (exact) mass is 266 g/mol. The fourth-order valence-electron chi connectivity index (χ4n) is 2.85. The molecule has 18 heavy (non-hydrogen) atoms. The van der Waals surface area contributed by atoms with Gasteiger partial charge in [0.1, 0.15) is 5.54 Å². The third-order valence-electron chi connectivity index (χ3n) is 4.08. The van der Waals surface area contributed by atoms with Gasteiger partial charge in [0.15, 0.2) is 0 Å². The summed E-state index contributed by atoms with van der Waals surface area (Å²) in [6.07, 6.45) is 11.2. The molecule has 2 nitrogen and oxygen atoms in total. The molecule has 0 amide bonds. The van der Waals surface area contributed by atoms with Crippen molar-refractivity contribution in [3.63, 3.8) is 0 Å². The Morgan fingerprint density at radius 3 is 2.83 bits per heavy atom. The van der Waals surface area contributed by atoms with Gasteiger partial charge in [-0.25, -0.2) is 0 Å². The summed E-state index contributed by atoms with van der Waals surface area (Å²) >= 11 is 2.11. The summed E-state index contributed by atoms with van der Waals surface area (Å²) in [6, 6.07) is 3.24. The fourth-order valence-corrected chi connectivity index (χ4v) is 4.29. The van der Waals surface area contributed by atoms with Crippen LogP contribution in [0.1, 0.15) is 64.7 Å². The molecule has 0 aromatic heterocycles. The van der Waals surface area contributed by atoms with Gasteiger partial charge in [-0.2, -0.15) is 17.0 Å². The van der Waals surface area contributed by atoms with Crippen LogP contribution < -0.4 is 5.32 Å². The van der Waals surface area contributed by atoms with Gasteiger partial charge >= 0.3 is 0 Å². The van der Waals surface area contributed by atoms with Gasteiger partial charge in [0.25, 0.3) is 0 Å². The lowest BCUT2D eigenvalue weighted by Gasteiger charge is -2.36. The summed E-state index contributed by atoms with van der Waals surface area (Å²) < 4.78 is 0. The molecule has 1 N–H and O–H groups in total. The van der Waals surface area contributed by atoms with Crippen molar-refractivity contribution in [2.24, 2.45) is 0 Å². The SMILES string of the molecule is CCCCCSC1CCCC(C#N)(NC2CC2)C1. The molecule has 0 bridgehead atoms. The number of thioether (sulfide) groups is 1. The first-order chi connectivity index (χ1) is 8.78. The van der Waals surface area contributed by atoms with Gasteiger partial charge < -0.3 is 0 Å². The van der Waals surface area contributed by atoms with E-state index >= 15 is 0 Å². The van der Waals surface area contributed by atoms with Crippen LogP contribution in [0.25, 0.3) is 0 Å². The predicted molar refractivity (Wildman–Crippen MR) is 78.7 cm³/mol. The summed E-state index contributed by atoms with van der Waals surface area (Å²) in [5, 5.41) is 13.8. The van der Waals surface area contributed by atoms with E-state index in [1.165, 1.54) is 50.7 Å². The summed E-state index contributed by atoms with van der Waals surface area (Å²) in [6.45, 7) is 2.26. The number of hydrogen-bond acceptors (Lipinski definition) is 3. The van der Waals surface area contributed by atoms with Crippen LogP contribution in [0.5, 0.6) is 0 Å². The molecule has 0 spiro atoms. The van der Waals surface area contributed by atoms with Gasteiger partial charge in [-0.05, 0) is 50.7 Å². The van der Waals surface area contributed by atoms with Gasteiger partial charge in [-0.15, -0.1) is 0 Å². The Balaban J connectivity index is 1.77. The molecular formula is C15H26N2S. The number of hydrogen-bond donors (Lipinski definition) is 1. The number of nitrogens with one attached hydrogen (secondary N) is 1.